The molecule has 0 radical (unpaired) electrons. The van der Waals surface area contributed by atoms with Gasteiger partial charge in [0.05, 0.1) is 5.56 Å². The minimum absolute atomic E-state index is 0.208. The fraction of sp³-hybridized carbons (Fsp3) is 0.562. The number of hydrogen-bond acceptors (Lipinski definition) is 1. The summed E-state index contributed by atoms with van der Waals surface area (Å²) in [6, 6.07) is 7.39. The van der Waals surface area contributed by atoms with Gasteiger partial charge in [-0.2, -0.15) is 0 Å². The largest absolute Gasteiger partial charge is 0.478 e. The van der Waals surface area contributed by atoms with Crippen molar-refractivity contribution in [3.63, 3.8) is 0 Å². The van der Waals surface area contributed by atoms with Crippen LogP contribution in [0.1, 0.15) is 57.5 Å². The number of aromatic carboxylic acids is 1. The van der Waals surface area contributed by atoms with Crippen LogP contribution in [0, 0.1) is 0 Å². The lowest BCUT2D eigenvalue weighted by molar-refractivity contribution is 0.0696. The minimum Gasteiger partial charge on any atom is -0.478 e. The summed E-state index contributed by atoms with van der Waals surface area (Å²) in [5.41, 5.74) is 1.41. The summed E-state index contributed by atoms with van der Waals surface area (Å²) in [4.78, 5) is 11.3. The van der Waals surface area contributed by atoms with Gasteiger partial charge in [0.2, 0.25) is 0 Å². The Kier molecular flexibility index (Phi) is 4.79. The number of hydrogen-bond donors (Lipinski definition) is 1. The van der Waals surface area contributed by atoms with Crippen LogP contribution in [0.3, 0.4) is 0 Å². The maximum Gasteiger partial charge on any atom is 0.335 e. The van der Waals surface area contributed by atoms with E-state index in [1.54, 1.807) is 12.1 Å². The second-order valence-electron chi connectivity index (χ2n) is 6.89. The van der Waals surface area contributed by atoms with E-state index in [1.807, 2.05) is 12.1 Å². The Morgan fingerprint density at radius 3 is 1.95 bits per heavy atom. The summed E-state index contributed by atoms with van der Waals surface area (Å²) >= 11 is 0. The van der Waals surface area contributed by atoms with E-state index in [2.05, 4.69) is 41.5 Å². The van der Waals surface area contributed by atoms with Gasteiger partial charge in [0.15, 0.2) is 0 Å². The van der Waals surface area contributed by atoms with Crippen molar-refractivity contribution < 1.29 is 9.90 Å². The van der Waals surface area contributed by atoms with Gasteiger partial charge in [0.25, 0.3) is 0 Å². The van der Waals surface area contributed by atoms with Crippen molar-refractivity contribution >= 4 is 13.9 Å². The molecule has 0 amide bonds. The summed E-state index contributed by atoms with van der Waals surface area (Å²) < 4.78 is 0. The van der Waals surface area contributed by atoms with Crippen LogP contribution < -0.4 is 0 Å². The highest BCUT2D eigenvalue weighted by atomic mass is 31.1. The molecule has 0 aliphatic rings. The molecule has 106 valence electrons. The van der Waals surface area contributed by atoms with E-state index in [-0.39, 0.29) is 18.2 Å². The molecule has 0 fully saturated rings. The van der Waals surface area contributed by atoms with E-state index in [0.29, 0.717) is 5.56 Å². The molecule has 0 unspecified atom stereocenters. The Hall–Kier alpha value is -0.880. The molecule has 0 saturated heterocycles. The number of carboxylic acid groups (broad SMARTS) is 1. The van der Waals surface area contributed by atoms with Gasteiger partial charge in [-0.15, -0.1) is 0 Å². The molecule has 1 aromatic rings. The lowest BCUT2D eigenvalue weighted by atomic mass is 10.1. The lowest BCUT2D eigenvalue weighted by Gasteiger charge is -2.42. The fourth-order valence-electron chi connectivity index (χ4n) is 2.52. The predicted octanol–water partition coefficient (Wildman–Crippen LogP) is 4.96. The number of benzene rings is 1. The molecular formula is C16H25O2P. The molecule has 1 rings (SSSR count). The third-order valence-corrected chi connectivity index (χ3v) is 7.09. The van der Waals surface area contributed by atoms with Crippen LogP contribution in [-0.4, -0.2) is 21.4 Å². The van der Waals surface area contributed by atoms with Crippen LogP contribution in [0.4, 0.5) is 0 Å². The van der Waals surface area contributed by atoms with E-state index in [1.165, 1.54) is 0 Å². The first kappa shape index (κ1) is 16.2. The Balaban J connectivity index is 3.15. The van der Waals surface area contributed by atoms with Crippen LogP contribution in [0.15, 0.2) is 24.3 Å². The Morgan fingerprint density at radius 2 is 1.53 bits per heavy atom. The molecule has 1 aromatic carbocycles. The minimum atomic E-state index is -0.826. The zero-order valence-electron chi connectivity index (χ0n) is 12.8. The SMILES string of the molecule is CC(C)(C)P(Cc1ccccc1C(=O)O)C(C)(C)C. The molecule has 3 heteroatoms. The van der Waals surface area contributed by atoms with Gasteiger partial charge in [-0.1, -0.05) is 67.7 Å². The predicted molar refractivity (Wildman–Crippen MR) is 83.5 cm³/mol. The van der Waals surface area contributed by atoms with E-state index < -0.39 is 5.97 Å². The van der Waals surface area contributed by atoms with Gasteiger partial charge < -0.3 is 5.11 Å². The van der Waals surface area contributed by atoms with Gasteiger partial charge >= 0.3 is 5.97 Å². The molecule has 0 saturated carbocycles. The summed E-state index contributed by atoms with van der Waals surface area (Å²) in [5, 5.41) is 9.71. The van der Waals surface area contributed by atoms with Crippen molar-refractivity contribution in [1.82, 2.24) is 0 Å². The zero-order valence-corrected chi connectivity index (χ0v) is 13.7. The summed E-state index contributed by atoms with van der Waals surface area (Å²) in [7, 11) is -0.323. The highest BCUT2D eigenvalue weighted by molar-refractivity contribution is 7.60. The average molecular weight is 280 g/mol. The van der Waals surface area contributed by atoms with Gasteiger partial charge in [-0.3, -0.25) is 0 Å². The number of carbonyl (C=O) groups is 1. The van der Waals surface area contributed by atoms with Gasteiger partial charge in [0.1, 0.15) is 0 Å². The van der Waals surface area contributed by atoms with Crippen LogP contribution >= 0.6 is 7.92 Å². The molecule has 0 spiro atoms. The van der Waals surface area contributed by atoms with Crippen LogP contribution in [-0.2, 0) is 6.16 Å². The van der Waals surface area contributed by atoms with Crippen molar-refractivity contribution in [3.05, 3.63) is 35.4 Å². The topological polar surface area (TPSA) is 37.3 Å². The second-order valence-corrected chi connectivity index (χ2v) is 10.7. The van der Waals surface area contributed by atoms with Gasteiger partial charge in [-0.25, -0.2) is 4.79 Å². The molecule has 0 heterocycles. The van der Waals surface area contributed by atoms with E-state index in [0.717, 1.165) is 11.7 Å². The highest BCUT2D eigenvalue weighted by Crippen LogP contribution is 2.61. The summed E-state index contributed by atoms with van der Waals surface area (Å²) in [5.74, 6) is -0.826. The van der Waals surface area contributed by atoms with Crippen LogP contribution in [0.5, 0.6) is 0 Å². The van der Waals surface area contributed by atoms with Gasteiger partial charge in [0, 0.05) is 0 Å². The first-order valence-corrected chi connectivity index (χ1v) is 8.15. The van der Waals surface area contributed by atoms with Crippen molar-refractivity contribution in [1.29, 1.82) is 0 Å². The second kappa shape index (κ2) is 5.63. The van der Waals surface area contributed by atoms with E-state index in [9.17, 15) is 9.90 Å². The van der Waals surface area contributed by atoms with E-state index >= 15 is 0 Å². The maximum absolute atomic E-state index is 11.3. The standard InChI is InChI=1S/C16H25O2P/c1-15(2,3)19(16(4,5)6)11-12-9-7-8-10-13(12)14(17)18/h7-10H,11H2,1-6H3,(H,17,18). The zero-order chi connectivity index (χ0) is 14.8. The molecule has 2 nitrogen and oxygen atoms in total. The molecule has 0 aliphatic carbocycles. The monoisotopic (exact) mass is 280 g/mol. The first-order chi connectivity index (χ1) is 8.53. The quantitative estimate of drug-likeness (QED) is 0.794. The average Bonchev–Trinajstić information content (AvgIpc) is 2.23. The normalized spacial score (nSPS) is 12.8. The molecule has 1 N–H and O–H groups in total. The molecule has 0 bridgehead atoms. The summed E-state index contributed by atoms with van der Waals surface area (Å²) in [6.07, 6.45) is 0.866. The van der Waals surface area contributed by atoms with E-state index in [4.69, 9.17) is 0 Å². The molecule has 0 aromatic heterocycles. The third-order valence-electron chi connectivity index (χ3n) is 3.20. The van der Waals surface area contributed by atoms with Crippen molar-refractivity contribution in [3.8, 4) is 0 Å². The van der Waals surface area contributed by atoms with Gasteiger partial charge in [-0.05, 0) is 28.1 Å². The number of rotatable bonds is 3. The fourth-order valence-corrected chi connectivity index (χ4v) is 6.10. The number of carboxylic acids is 1. The summed E-state index contributed by atoms with van der Waals surface area (Å²) in [6.45, 7) is 13.5. The third kappa shape index (κ3) is 4.31. The van der Waals surface area contributed by atoms with Crippen molar-refractivity contribution in [2.45, 2.75) is 58.0 Å². The van der Waals surface area contributed by atoms with Crippen LogP contribution in [0.2, 0.25) is 0 Å². The molecular weight excluding hydrogens is 255 g/mol. The molecule has 19 heavy (non-hydrogen) atoms. The molecule has 0 atom stereocenters. The lowest BCUT2D eigenvalue weighted by Crippen LogP contribution is -2.26. The Bertz CT molecular complexity index is 439. The Morgan fingerprint density at radius 1 is 1.05 bits per heavy atom. The van der Waals surface area contributed by atoms with Crippen molar-refractivity contribution in [2.24, 2.45) is 0 Å². The van der Waals surface area contributed by atoms with Crippen molar-refractivity contribution in [2.75, 3.05) is 0 Å². The van der Waals surface area contributed by atoms with Crippen LogP contribution in [0.25, 0.3) is 0 Å². The molecule has 0 aliphatic heterocycles. The maximum atomic E-state index is 11.3. The highest BCUT2D eigenvalue weighted by Gasteiger charge is 2.34. The Labute approximate surface area is 118 Å². The first-order valence-electron chi connectivity index (χ1n) is 6.62. The smallest absolute Gasteiger partial charge is 0.335 e.